The van der Waals surface area contributed by atoms with Gasteiger partial charge in [0.05, 0.1) is 0 Å². The molecule has 0 aromatic heterocycles. The minimum atomic E-state index is 0.0237. The molecule has 0 amide bonds. The first-order valence-corrected chi connectivity index (χ1v) is 5.43. The molecule has 15 heavy (non-hydrogen) atoms. The number of para-hydroxylation sites is 1. The molecule has 0 saturated heterocycles. The minimum absolute atomic E-state index is 0.0237. The molecule has 0 radical (unpaired) electrons. The molecule has 3 rings (SSSR count). The largest absolute Gasteiger partial charge is 0.486 e. The summed E-state index contributed by atoms with van der Waals surface area (Å²) in [6.07, 6.45) is 3.15. The molecule has 0 spiro atoms. The van der Waals surface area contributed by atoms with Crippen LogP contribution < -0.4 is 15.2 Å². The van der Waals surface area contributed by atoms with Crippen LogP contribution in [0.3, 0.4) is 0 Å². The van der Waals surface area contributed by atoms with Crippen LogP contribution in [0, 0.1) is 0 Å². The monoisotopic (exact) mass is 205 g/mol. The smallest absolute Gasteiger partial charge is 0.164 e. The molecular formula is C12H15NO2. The van der Waals surface area contributed by atoms with E-state index in [-0.39, 0.29) is 5.54 Å². The van der Waals surface area contributed by atoms with Gasteiger partial charge in [0.2, 0.25) is 0 Å². The molecule has 2 N–H and O–H groups in total. The fraction of sp³-hybridized carbons (Fsp3) is 0.500. The highest BCUT2D eigenvalue weighted by Crippen LogP contribution is 2.41. The van der Waals surface area contributed by atoms with Gasteiger partial charge in [0, 0.05) is 5.54 Å². The molecule has 1 aromatic rings. The summed E-state index contributed by atoms with van der Waals surface area (Å²) >= 11 is 0. The summed E-state index contributed by atoms with van der Waals surface area (Å²) in [6.45, 7) is 1.28. The van der Waals surface area contributed by atoms with Crippen LogP contribution in [0.1, 0.15) is 18.4 Å². The van der Waals surface area contributed by atoms with Gasteiger partial charge in [-0.3, -0.25) is 0 Å². The summed E-state index contributed by atoms with van der Waals surface area (Å²) in [5.41, 5.74) is 7.33. The van der Waals surface area contributed by atoms with Crippen LogP contribution in [0.2, 0.25) is 0 Å². The maximum absolute atomic E-state index is 6.12. The Bertz CT molecular complexity index is 385. The lowest BCUT2D eigenvalue weighted by atomic mass is 10.0. The molecule has 3 heteroatoms. The Balaban J connectivity index is 1.92. The average molecular weight is 205 g/mol. The van der Waals surface area contributed by atoms with Crippen LogP contribution in [0.15, 0.2) is 18.2 Å². The van der Waals surface area contributed by atoms with Gasteiger partial charge < -0.3 is 15.2 Å². The van der Waals surface area contributed by atoms with Crippen LogP contribution in [0.25, 0.3) is 0 Å². The van der Waals surface area contributed by atoms with Crippen LogP contribution in [-0.2, 0) is 6.42 Å². The first-order valence-electron chi connectivity index (χ1n) is 5.43. The van der Waals surface area contributed by atoms with Crippen molar-refractivity contribution >= 4 is 0 Å². The van der Waals surface area contributed by atoms with Gasteiger partial charge in [-0.25, -0.2) is 0 Å². The third kappa shape index (κ3) is 1.67. The van der Waals surface area contributed by atoms with Gasteiger partial charge in [0.25, 0.3) is 0 Å². The van der Waals surface area contributed by atoms with Gasteiger partial charge in [-0.2, -0.15) is 0 Å². The third-order valence-electron chi connectivity index (χ3n) is 3.08. The predicted octanol–water partition coefficient (Wildman–Crippen LogP) is 1.49. The van der Waals surface area contributed by atoms with Crippen molar-refractivity contribution in [1.82, 2.24) is 0 Å². The summed E-state index contributed by atoms with van der Waals surface area (Å²) in [7, 11) is 0. The van der Waals surface area contributed by atoms with Crippen molar-refractivity contribution < 1.29 is 9.47 Å². The number of ether oxygens (including phenoxy) is 2. The highest BCUT2D eigenvalue weighted by molar-refractivity contribution is 5.48. The summed E-state index contributed by atoms with van der Waals surface area (Å²) in [6, 6.07) is 6.04. The maximum atomic E-state index is 6.12. The highest BCUT2D eigenvalue weighted by Gasteiger charge is 2.39. The fourth-order valence-corrected chi connectivity index (χ4v) is 1.99. The number of hydrogen-bond donors (Lipinski definition) is 1. The van der Waals surface area contributed by atoms with Gasteiger partial charge in [-0.05, 0) is 30.9 Å². The molecule has 1 aliphatic carbocycles. The number of hydrogen-bond acceptors (Lipinski definition) is 3. The van der Waals surface area contributed by atoms with Crippen molar-refractivity contribution in [3.63, 3.8) is 0 Å². The van der Waals surface area contributed by atoms with Crippen molar-refractivity contribution in [3.05, 3.63) is 23.8 Å². The third-order valence-corrected chi connectivity index (χ3v) is 3.08. The first kappa shape index (κ1) is 9.04. The van der Waals surface area contributed by atoms with E-state index in [1.807, 2.05) is 12.1 Å². The zero-order valence-corrected chi connectivity index (χ0v) is 8.66. The summed E-state index contributed by atoms with van der Waals surface area (Å²) < 4.78 is 11.2. The standard InChI is InChI=1S/C12H15NO2/c13-12(4-5-12)8-9-2-1-3-10-11(9)15-7-6-14-10/h1-3H,4-8,13H2. The first-order chi connectivity index (χ1) is 7.27. The Morgan fingerprint density at radius 3 is 2.80 bits per heavy atom. The van der Waals surface area contributed by atoms with Gasteiger partial charge in [-0.15, -0.1) is 0 Å². The Morgan fingerprint density at radius 2 is 2.00 bits per heavy atom. The zero-order chi connectivity index (χ0) is 10.3. The van der Waals surface area contributed by atoms with E-state index in [0.29, 0.717) is 13.2 Å². The van der Waals surface area contributed by atoms with E-state index in [0.717, 1.165) is 30.8 Å². The van der Waals surface area contributed by atoms with E-state index in [9.17, 15) is 0 Å². The minimum Gasteiger partial charge on any atom is -0.486 e. The molecular weight excluding hydrogens is 190 g/mol. The molecule has 1 heterocycles. The van der Waals surface area contributed by atoms with E-state index < -0.39 is 0 Å². The molecule has 0 bridgehead atoms. The van der Waals surface area contributed by atoms with Crippen LogP contribution >= 0.6 is 0 Å². The van der Waals surface area contributed by atoms with Crippen molar-refractivity contribution in [2.24, 2.45) is 5.73 Å². The zero-order valence-electron chi connectivity index (χ0n) is 8.66. The number of rotatable bonds is 2. The average Bonchev–Trinajstić information content (AvgIpc) is 2.97. The summed E-state index contributed by atoms with van der Waals surface area (Å²) in [5.74, 6) is 1.77. The van der Waals surface area contributed by atoms with Crippen LogP contribution in [-0.4, -0.2) is 18.8 Å². The SMILES string of the molecule is NC1(Cc2cccc3c2OCCO3)CC1. The number of fused-ring (bicyclic) bond motifs is 1. The second-order valence-electron chi connectivity index (χ2n) is 4.48. The molecule has 1 saturated carbocycles. The van der Waals surface area contributed by atoms with Gasteiger partial charge >= 0.3 is 0 Å². The van der Waals surface area contributed by atoms with Crippen LogP contribution in [0.5, 0.6) is 11.5 Å². The molecule has 80 valence electrons. The summed E-state index contributed by atoms with van der Waals surface area (Å²) in [5, 5.41) is 0. The fourth-order valence-electron chi connectivity index (χ4n) is 1.99. The lowest BCUT2D eigenvalue weighted by Crippen LogP contribution is -2.25. The Morgan fingerprint density at radius 1 is 1.20 bits per heavy atom. The Hall–Kier alpha value is -1.22. The van der Waals surface area contributed by atoms with Crippen molar-refractivity contribution in [2.45, 2.75) is 24.8 Å². The molecule has 0 atom stereocenters. The lowest BCUT2D eigenvalue weighted by Gasteiger charge is -2.22. The van der Waals surface area contributed by atoms with E-state index >= 15 is 0 Å². The van der Waals surface area contributed by atoms with Gasteiger partial charge in [-0.1, -0.05) is 12.1 Å². The van der Waals surface area contributed by atoms with Crippen molar-refractivity contribution in [2.75, 3.05) is 13.2 Å². The molecule has 0 unspecified atom stereocenters. The Labute approximate surface area is 89.2 Å². The molecule has 2 aliphatic rings. The molecule has 1 aliphatic heterocycles. The van der Waals surface area contributed by atoms with E-state index in [4.69, 9.17) is 15.2 Å². The van der Waals surface area contributed by atoms with E-state index in [2.05, 4.69) is 6.07 Å². The van der Waals surface area contributed by atoms with Gasteiger partial charge in [0.15, 0.2) is 11.5 Å². The normalized spacial score (nSPS) is 21.1. The van der Waals surface area contributed by atoms with Gasteiger partial charge in [0.1, 0.15) is 13.2 Å². The maximum Gasteiger partial charge on any atom is 0.164 e. The quantitative estimate of drug-likeness (QED) is 0.795. The topological polar surface area (TPSA) is 44.5 Å². The van der Waals surface area contributed by atoms with E-state index in [1.54, 1.807) is 0 Å². The second-order valence-corrected chi connectivity index (χ2v) is 4.48. The highest BCUT2D eigenvalue weighted by atomic mass is 16.6. The summed E-state index contributed by atoms with van der Waals surface area (Å²) in [4.78, 5) is 0. The second kappa shape index (κ2) is 3.14. The number of benzene rings is 1. The lowest BCUT2D eigenvalue weighted by molar-refractivity contribution is 0.169. The number of nitrogens with two attached hydrogens (primary N) is 1. The Kier molecular flexibility index (Phi) is 1.89. The molecule has 1 aromatic carbocycles. The van der Waals surface area contributed by atoms with E-state index in [1.165, 1.54) is 5.56 Å². The van der Waals surface area contributed by atoms with Crippen molar-refractivity contribution in [1.29, 1.82) is 0 Å². The molecule has 1 fully saturated rings. The molecule has 3 nitrogen and oxygen atoms in total. The van der Waals surface area contributed by atoms with Crippen molar-refractivity contribution in [3.8, 4) is 11.5 Å². The van der Waals surface area contributed by atoms with Crippen LogP contribution in [0.4, 0.5) is 0 Å². The predicted molar refractivity (Wildman–Crippen MR) is 57.3 cm³/mol.